The molecule has 0 aromatic heterocycles. The molecule has 0 aromatic rings. The highest BCUT2D eigenvalue weighted by Gasteiger charge is 2.53. The Hall–Kier alpha value is -0.0400. The van der Waals surface area contributed by atoms with Gasteiger partial charge in [-0.15, -0.1) is 0 Å². The van der Waals surface area contributed by atoms with Crippen molar-refractivity contribution in [1.29, 1.82) is 0 Å². The van der Waals surface area contributed by atoms with Crippen molar-refractivity contribution in [2.24, 2.45) is 0 Å². The molecule has 0 atom stereocenters. The summed E-state index contributed by atoms with van der Waals surface area (Å²) in [5, 5.41) is 0. The predicted molar refractivity (Wildman–Crippen MR) is 49.5 cm³/mol. The van der Waals surface area contributed by atoms with Crippen LogP contribution in [-0.2, 0) is 0 Å². The van der Waals surface area contributed by atoms with Gasteiger partial charge in [-0.2, -0.15) is 0 Å². The molecule has 1 heterocycles. The summed E-state index contributed by atoms with van der Waals surface area (Å²) < 4.78 is 1.15. The van der Waals surface area contributed by atoms with Crippen molar-refractivity contribution >= 4 is 0 Å². The van der Waals surface area contributed by atoms with Crippen molar-refractivity contribution in [3.8, 4) is 0 Å². The van der Waals surface area contributed by atoms with E-state index < -0.39 is 0 Å². The lowest BCUT2D eigenvalue weighted by atomic mass is 10.0. The topological polar surface area (TPSA) is 0 Å². The van der Waals surface area contributed by atoms with Gasteiger partial charge in [-0.25, -0.2) is 0 Å². The fraction of sp³-hybridized carbons (Fsp3) is 1.00. The van der Waals surface area contributed by atoms with Gasteiger partial charge in [0, 0.05) is 12.8 Å². The minimum absolute atomic E-state index is 0.462. The molecule has 0 aliphatic carbocycles. The first-order valence-corrected chi connectivity index (χ1v) is 4.55. The highest BCUT2D eigenvalue weighted by atomic mass is 15.4. The average Bonchev–Trinajstić information content (AvgIpc) is 1.93. The lowest BCUT2D eigenvalue weighted by Crippen LogP contribution is -2.60. The molecule has 0 unspecified atom stereocenters. The number of hydrogen-bond donors (Lipinski definition) is 0. The van der Waals surface area contributed by atoms with Crippen LogP contribution < -0.4 is 0 Å². The zero-order valence-electron chi connectivity index (χ0n) is 8.86. The number of quaternary nitrogens is 1. The van der Waals surface area contributed by atoms with Crippen LogP contribution in [0.4, 0.5) is 0 Å². The van der Waals surface area contributed by atoms with Crippen molar-refractivity contribution in [3.05, 3.63) is 0 Å². The van der Waals surface area contributed by atoms with E-state index in [0.717, 1.165) is 4.48 Å². The van der Waals surface area contributed by atoms with Gasteiger partial charge < -0.3 is 4.48 Å². The number of hydrogen-bond acceptors (Lipinski definition) is 0. The smallest absolute Gasteiger partial charge is 0.0937 e. The Morgan fingerprint density at radius 3 is 1.18 bits per heavy atom. The van der Waals surface area contributed by atoms with E-state index in [-0.39, 0.29) is 0 Å². The lowest BCUT2D eigenvalue weighted by molar-refractivity contribution is -0.966. The molecule has 1 rings (SSSR count). The van der Waals surface area contributed by atoms with Gasteiger partial charge in [-0.05, 0) is 27.7 Å². The van der Waals surface area contributed by atoms with Crippen molar-refractivity contribution in [3.63, 3.8) is 0 Å². The minimum Gasteiger partial charge on any atom is -0.320 e. The third kappa shape index (κ3) is 1.01. The summed E-state index contributed by atoms with van der Waals surface area (Å²) in [6.07, 6.45) is 2.71. The zero-order valence-corrected chi connectivity index (χ0v) is 8.86. The standard InChI is InChI=1S/C10H22N/c1-9(2)7-8-10(3,4)11(9,5)6/h7-8H2,1-6H3/q+1. The van der Waals surface area contributed by atoms with Gasteiger partial charge in [0.1, 0.15) is 0 Å². The van der Waals surface area contributed by atoms with Gasteiger partial charge in [-0.1, -0.05) is 0 Å². The van der Waals surface area contributed by atoms with Crippen LogP contribution in [0.25, 0.3) is 0 Å². The molecule has 0 spiro atoms. The van der Waals surface area contributed by atoms with Crippen LogP contribution in [0, 0.1) is 0 Å². The SMILES string of the molecule is CC1(C)CCC(C)(C)[N+]1(C)C. The molecule has 1 fully saturated rings. The largest absolute Gasteiger partial charge is 0.320 e. The summed E-state index contributed by atoms with van der Waals surface area (Å²) in [7, 11) is 4.71. The van der Waals surface area contributed by atoms with E-state index in [1.165, 1.54) is 12.8 Å². The van der Waals surface area contributed by atoms with Crippen LogP contribution in [0.2, 0.25) is 0 Å². The first kappa shape index (κ1) is 9.05. The maximum Gasteiger partial charge on any atom is 0.0937 e. The lowest BCUT2D eigenvalue weighted by Gasteiger charge is -2.47. The van der Waals surface area contributed by atoms with Crippen molar-refractivity contribution in [2.45, 2.75) is 51.6 Å². The van der Waals surface area contributed by atoms with E-state index in [9.17, 15) is 0 Å². The van der Waals surface area contributed by atoms with E-state index in [0.29, 0.717) is 11.1 Å². The second-order valence-electron chi connectivity index (χ2n) is 5.58. The van der Waals surface area contributed by atoms with E-state index in [4.69, 9.17) is 0 Å². The quantitative estimate of drug-likeness (QED) is 0.472. The van der Waals surface area contributed by atoms with Gasteiger partial charge in [0.15, 0.2) is 0 Å². The Labute approximate surface area is 71.0 Å². The summed E-state index contributed by atoms with van der Waals surface area (Å²) in [6.45, 7) is 9.51. The van der Waals surface area contributed by atoms with E-state index in [1.807, 2.05) is 0 Å². The molecule has 1 nitrogen and oxygen atoms in total. The zero-order chi connectivity index (χ0) is 8.91. The molecule has 0 saturated carbocycles. The van der Waals surface area contributed by atoms with Crippen molar-refractivity contribution < 1.29 is 4.48 Å². The summed E-state index contributed by atoms with van der Waals surface area (Å²) in [4.78, 5) is 0. The maximum atomic E-state index is 2.38. The second kappa shape index (κ2) is 2.01. The van der Waals surface area contributed by atoms with Crippen molar-refractivity contribution in [2.75, 3.05) is 14.1 Å². The van der Waals surface area contributed by atoms with E-state index in [2.05, 4.69) is 41.8 Å². The van der Waals surface area contributed by atoms with Gasteiger partial charge >= 0.3 is 0 Å². The molecule has 0 amide bonds. The Morgan fingerprint density at radius 2 is 1.09 bits per heavy atom. The molecule has 1 aliphatic rings. The first-order valence-electron chi connectivity index (χ1n) is 4.55. The molecule has 0 radical (unpaired) electrons. The molecule has 0 bridgehead atoms. The Bertz CT molecular complexity index is 148. The summed E-state index contributed by atoms with van der Waals surface area (Å²) in [5.41, 5.74) is 0.924. The first-order chi connectivity index (χ1) is 4.71. The molecular weight excluding hydrogens is 134 g/mol. The Kier molecular flexibility index (Phi) is 1.65. The maximum absolute atomic E-state index is 2.38. The summed E-state index contributed by atoms with van der Waals surface area (Å²) >= 11 is 0. The molecular formula is C10H22N+. The third-order valence-electron chi connectivity index (χ3n) is 4.38. The highest BCUT2D eigenvalue weighted by molar-refractivity contribution is 4.87. The van der Waals surface area contributed by atoms with Crippen LogP contribution >= 0.6 is 0 Å². The van der Waals surface area contributed by atoms with E-state index in [1.54, 1.807) is 0 Å². The Morgan fingerprint density at radius 1 is 0.818 bits per heavy atom. The van der Waals surface area contributed by atoms with Crippen molar-refractivity contribution in [1.82, 2.24) is 0 Å². The fourth-order valence-corrected chi connectivity index (χ4v) is 1.99. The van der Waals surface area contributed by atoms with E-state index >= 15 is 0 Å². The number of rotatable bonds is 0. The molecule has 0 N–H and O–H groups in total. The highest BCUT2D eigenvalue weighted by Crippen LogP contribution is 2.44. The van der Waals surface area contributed by atoms with Gasteiger partial charge in [0.05, 0.1) is 25.2 Å². The molecule has 0 aromatic carbocycles. The molecule has 1 heteroatoms. The summed E-state index contributed by atoms with van der Waals surface area (Å²) in [5.74, 6) is 0. The van der Waals surface area contributed by atoms with Crippen LogP contribution in [0.1, 0.15) is 40.5 Å². The third-order valence-corrected chi connectivity index (χ3v) is 4.38. The molecule has 1 aliphatic heterocycles. The molecule has 11 heavy (non-hydrogen) atoms. The van der Waals surface area contributed by atoms with Crippen LogP contribution in [0.15, 0.2) is 0 Å². The van der Waals surface area contributed by atoms with Crippen LogP contribution in [0.5, 0.6) is 0 Å². The second-order valence-corrected chi connectivity index (χ2v) is 5.58. The minimum atomic E-state index is 0.462. The van der Waals surface area contributed by atoms with Gasteiger partial charge in [0.2, 0.25) is 0 Å². The fourth-order valence-electron chi connectivity index (χ4n) is 1.99. The average molecular weight is 156 g/mol. The van der Waals surface area contributed by atoms with Crippen LogP contribution in [0.3, 0.4) is 0 Å². The monoisotopic (exact) mass is 156 g/mol. The normalized spacial score (nSPS) is 32.2. The number of nitrogens with zero attached hydrogens (tertiary/aromatic N) is 1. The van der Waals surface area contributed by atoms with Crippen LogP contribution in [-0.4, -0.2) is 29.7 Å². The molecule has 1 saturated heterocycles. The summed E-state index contributed by atoms with van der Waals surface area (Å²) in [6, 6.07) is 0. The Balaban J connectivity index is 3.00. The predicted octanol–water partition coefficient (Wildman–Crippen LogP) is 2.41. The molecule has 66 valence electrons. The van der Waals surface area contributed by atoms with Gasteiger partial charge in [-0.3, -0.25) is 0 Å². The number of likely N-dealkylation sites (tertiary alicyclic amines) is 1. The van der Waals surface area contributed by atoms with Gasteiger partial charge in [0.25, 0.3) is 0 Å².